The van der Waals surface area contributed by atoms with Crippen molar-refractivity contribution >= 4 is 5.97 Å². The van der Waals surface area contributed by atoms with Crippen molar-refractivity contribution in [3.05, 3.63) is 46.0 Å². The van der Waals surface area contributed by atoms with Gasteiger partial charge in [-0.25, -0.2) is 17.6 Å². The van der Waals surface area contributed by atoms with Gasteiger partial charge in [-0.2, -0.15) is 0 Å². The summed E-state index contributed by atoms with van der Waals surface area (Å²) in [6.45, 7) is 6.77. The number of benzene rings is 1. The van der Waals surface area contributed by atoms with E-state index in [1.807, 2.05) is 0 Å². The fraction of sp³-hybridized carbons (Fsp3) is 0.526. The number of hydrogen-bond donors (Lipinski definition) is 1. The van der Waals surface area contributed by atoms with E-state index in [-0.39, 0.29) is 6.61 Å². The SMILES string of the molecule is COCC1(C(=O)O)C(C)(C)C1(C=C(C)C)c1c(F)c(F)c(C)c(F)c1F. The Kier molecular flexibility index (Phi) is 4.77. The van der Waals surface area contributed by atoms with E-state index >= 15 is 0 Å². The van der Waals surface area contributed by atoms with Crippen LogP contribution in [-0.4, -0.2) is 24.8 Å². The van der Waals surface area contributed by atoms with Gasteiger partial charge in [-0.15, -0.1) is 0 Å². The molecule has 2 atom stereocenters. The van der Waals surface area contributed by atoms with Crippen molar-refractivity contribution in [2.45, 2.75) is 40.0 Å². The molecule has 0 bridgehead atoms. The molecule has 2 rings (SSSR count). The molecule has 1 aromatic rings. The summed E-state index contributed by atoms with van der Waals surface area (Å²) in [5, 5.41) is 9.91. The van der Waals surface area contributed by atoms with Gasteiger partial charge in [0, 0.05) is 23.7 Å². The fourth-order valence-electron chi connectivity index (χ4n) is 4.43. The average molecular weight is 374 g/mol. The molecule has 2 unspecified atom stereocenters. The van der Waals surface area contributed by atoms with Crippen molar-refractivity contribution in [1.82, 2.24) is 0 Å². The molecule has 7 heteroatoms. The number of carbonyl (C=O) groups is 1. The van der Waals surface area contributed by atoms with Crippen LogP contribution in [0.25, 0.3) is 0 Å². The lowest BCUT2D eigenvalue weighted by molar-refractivity contribution is -0.147. The lowest BCUT2D eigenvalue weighted by atomic mass is 9.82. The summed E-state index contributed by atoms with van der Waals surface area (Å²) in [5.41, 5.74) is -6.02. The molecule has 3 nitrogen and oxygen atoms in total. The lowest BCUT2D eigenvalue weighted by Gasteiger charge is -2.23. The standard InChI is InChI=1S/C19H22F4O3/c1-9(2)7-18(17(4,5)19(18,8-26-6)16(24)25)11-14(22)12(20)10(3)13(21)15(11)23/h7H,8H2,1-6H3,(H,24,25). The maximum Gasteiger partial charge on any atom is 0.313 e. The van der Waals surface area contributed by atoms with Gasteiger partial charge >= 0.3 is 5.97 Å². The highest BCUT2D eigenvalue weighted by Gasteiger charge is 2.87. The van der Waals surface area contributed by atoms with E-state index in [1.54, 1.807) is 13.8 Å². The summed E-state index contributed by atoms with van der Waals surface area (Å²) in [6, 6.07) is 0. The van der Waals surface area contributed by atoms with Gasteiger partial charge in [0.1, 0.15) is 5.41 Å². The minimum absolute atomic E-state index is 0.380. The van der Waals surface area contributed by atoms with Crippen LogP contribution in [0.4, 0.5) is 17.6 Å². The number of halogens is 4. The predicted molar refractivity (Wildman–Crippen MR) is 87.8 cm³/mol. The molecule has 0 amide bonds. The molecular weight excluding hydrogens is 352 g/mol. The molecule has 1 fully saturated rings. The molecule has 0 aromatic heterocycles. The van der Waals surface area contributed by atoms with Crippen molar-refractivity contribution in [3.63, 3.8) is 0 Å². The van der Waals surface area contributed by atoms with Gasteiger partial charge in [0.15, 0.2) is 23.3 Å². The number of methoxy groups -OCH3 is 1. The highest BCUT2D eigenvalue weighted by atomic mass is 19.2. The quantitative estimate of drug-likeness (QED) is 0.469. The fourth-order valence-corrected chi connectivity index (χ4v) is 4.43. The Bertz CT molecular complexity index is 782. The van der Waals surface area contributed by atoms with Gasteiger partial charge < -0.3 is 9.84 Å². The molecule has 0 spiro atoms. The second-order valence-corrected chi connectivity index (χ2v) is 7.55. The van der Waals surface area contributed by atoms with Gasteiger partial charge in [0.25, 0.3) is 0 Å². The number of ether oxygens (including phenoxy) is 1. The van der Waals surface area contributed by atoms with Crippen molar-refractivity contribution in [3.8, 4) is 0 Å². The van der Waals surface area contributed by atoms with Gasteiger partial charge in [0.2, 0.25) is 0 Å². The summed E-state index contributed by atoms with van der Waals surface area (Å²) < 4.78 is 63.2. The highest BCUT2D eigenvalue weighted by Crippen LogP contribution is 2.80. The first kappa shape index (κ1) is 20.4. The maximum absolute atomic E-state index is 14.8. The molecule has 1 aliphatic rings. The Morgan fingerprint density at radius 2 is 1.54 bits per heavy atom. The van der Waals surface area contributed by atoms with E-state index in [0.717, 1.165) is 6.92 Å². The summed E-state index contributed by atoms with van der Waals surface area (Å²) in [4.78, 5) is 12.2. The predicted octanol–water partition coefficient (Wildman–Crippen LogP) is 4.51. The van der Waals surface area contributed by atoms with E-state index in [0.29, 0.717) is 5.57 Å². The lowest BCUT2D eigenvalue weighted by Crippen LogP contribution is -2.32. The molecule has 1 saturated carbocycles. The van der Waals surface area contributed by atoms with Crippen molar-refractivity contribution < 1.29 is 32.2 Å². The van der Waals surface area contributed by atoms with E-state index < -0.39 is 56.6 Å². The molecule has 1 aliphatic carbocycles. The second kappa shape index (κ2) is 6.08. The van der Waals surface area contributed by atoms with Crippen molar-refractivity contribution in [2.24, 2.45) is 10.8 Å². The van der Waals surface area contributed by atoms with Crippen LogP contribution < -0.4 is 0 Å². The number of carboxylic acid groups (broad SMARTS) is 1. The van der Waals surface area contributed by atoms with Crippen LogP contribution in [0.5, 0.6) is 0 Å². The van der Waals surface area contributed by atoms with Crippen LogP contribution in [0, 0.1) is 41.0 Å². The van der Waals surface area contributed by atoms with E-state index in [2.05, 4.69) is 0 Å². The van der Waals surface area contributed by atoms with Crippen molar-refractivity contribution in [2.75, 3.05) is 13.7 Å². The van der Waals surface area contributed by atoms with Gasteiger partial charge in [0.05, 0.1) is 6.61 Å². The zero-order valence-corrected chi connectivity index (χ0v) is 15.6. The molecular formula is C19H22F4O3. The van der Waals surface area contributed by atoms with Crippen LogP contribution in [0.2, 0.25) is 0 Å². The van der Waals surface area contributed by atoms with Gasteiger partial charge in [-0.05, 0) is 26.2 Å². The Balaban J connectivity index is 3.03. The Labute approximate surface area is 149 Å². The third kappa shape index (κ3) is 2.12. The number of hydrogen-bond acceptors (Lipinski definition) is 2. The van der Waals surface area contributed by atoms with Crippen LogP contribution >= 0.6 is 0 Å². The summed E-state index contributed by atoms with van der Waals surface area (Å²) >= 11 is 0. The molecule has 0 radical (unpaired) electrons. The summed E-state index contributed by atoms with van der Waals surface area (Å²) in [5.74, 6) is -7.57. The zero-order chi connectivity index (χ0) is 20.2. The van der Waals surface area contributed by atoms with Crippen molar-refractivity contribution in [1.29, 1.82) is 0 Å². The minimum atomic E-state index is -1.82. The number of allylic oxidation sites excluding steroid dienone is 2. The van der Waals surface area contributed by atoms with Gasteiger partial charge in [-0.1, -0.05) is 25.5 Å². The summed E-state index contributed by atoms with van der Waals surface area (Å²) in [6.07, 6.45) is 1.37. The second-order valence-electron chi connectivity index (χ2n) is 7.55. The molecule has 0 aliphatic heterocycles. The van der Waals surface area contributed by atoms with Gasteiger partial charge in [-0.3, -0.25) is 4.79 Å². The molecule has 0 saturated heterocycles. The first-order valence-electron chi connectivity index (χ1n) is 8.06. The topological polar surface area (TPSA) is 46.5 Å². The van der Waals surface area contributed by atoms with Crippen LogP contribution in [0.3, 0.4) is 0 Å². The molecule has 144 valence electrons. The first-order valence-corrected chi connectivity index (χ1v) is 8.06. The zero-order valence-electron chi connectivity index (χ0n) is 15.6. The maximum atomic E-state index is 14.8. The number of rotatable bonds is 5. The van der Waals surface area contributed by atoms with E-state index in [9.17, 15) is 27.5 Å². The first-order chi connectivity index (χ1) is 11.8. The highest BCUT2D eigenvalue weighted by molar-refractivity contribution is 5.87. The van der Waals surface area contributed by atoms with E-state index in [1.165, 1.54) is 27.0 Å². The Morgan fingerprint density at radius 1 is 1.08 bits per heavy atom. The average Bonchev–Trinajstić information content (AvgIpc) is 2.94. The van der Waals surface area contributed by atoms with Crippen LogP contribution in [0.15, 0.2) is 11.6 Å². The monoisotopic (exact) mass is 374 g/mol. The Hall–Kier alpha value is -1.89. The third-order valence-corrected chi connectivity index (χ3v) is 5.77. The normalized spacial score (nSPS) is 26.5. The molecule has 26 heavy (non-hydrogen) atoms. The Morgan fingerprint density at radius 3 is 1.88 bits per heavy atom. The third-order valence-electron chi connectivity index (χ3n) is 5.77. The summed E-state index contributed by atoms with van der Waals surface area (Å²) in [7, 11) is 1.26. The van der Waals surface area contributed by atoms with Crippen LogP contribution in [0.1, 0.15) is 38.8 Å². The largest absolute Gasteiger partial charge is 0.481 e. The number of carboxylic acids is 1. The minimum Gasteiger partial charge on any atom is -0.481 e. The van der Waals surface area contributed by atoms with E-state index in [4.69, 9.17) is 4.74 Å². The van der Waals surface area contributed by atoms with Crippen LogP contribution in [-0.2, 0) is 14.9 Å². The number of aliphatic carboxylic acids is 1. The molecule has 1 N–H and O–H groups in total. The smallest absolute Gasteiger partial charge is 0.313 e. The molecule has 1 aromatic carbocycles. The molecule has 0 heterocycles.